The molecule has 0 radical (unpaired) electrons. The molecule has 0 aliphatic heterocycles. The van der Waals surface area contributed by atoms with E-state index in [1.54, 1.807) is 7.11 Å². The average Bonchev–Trinajstić information content (AvgIpc) is 3.12. The summed E-state index contributed by atoms with van der Waals surface area (Å²) in [4.78, 5) is 51.4. The largest absolute Gasteiger partial charge is 0.468 e. The Labute approximate surface area is 211 Å². The quantitative estimate of drug-likeness (QED) is 0.120. The van der Waals surface area contributed by atoms with Crippen LogP contribution in [-0.4, -0.2) is 72.8 Å². The Morgan fingerprint density at radius 1 is 0.722 bits per heavy atom. The molecule has 3 rings (SSSR count). The number of carbonyl (C=O) groups excluding carboxylic acids is 4. The van der Waals surface area contributed by atoms with Crippen molar-refractivity contribution in [3.8, 4) is 0 Å². The van der Waals surface area contributed by atoms with Crippen LogP contribution in [0.5, 0.6) is 0 Å². The van der Waals surface area contributed by atoms with E-state index in [0.717, 1.165) is 0 Å². The van der Waals surface area contributed by atoms with Crippen LogP contribution in [0.25, 0.3) is 0 Å². The maximum atomic E-state index is 12.9. The maximum Gasteiger partial charge on any atom is 0.323 e. The zero-order valence-corrected chi connectivity index (χ0v) is 21.8. The van der Waals surface area contributed by atoms with Crippen molar-refractivity contribution in [3.05, 3.63) is 12.2 Å². The lowest BCUT2D eigenvalue weighted by Crippen LogP contribution is -2.56. The predicted molar refractivity (Wildman–Crippen MR) is 125 cm³/mol. The molecule has 0 aromatic carbocycles. The van der Waals surface area contributed by atoms with Crippen molar-refractivity contribution >= 4 is 23.9 Å². The fourth-order valence-corrected chi connectivity index (χ4v) is 6.94. The van der Waals surface area contributed by atoms with Gasteiger partial charge in [0.05, 0.1) is 35.0 Å². The fourth-order valence-electron chi connectivity index (χ4n) is 6.94. The molecule has 0 unspecified atom stereocenters. The third-order valence-electron chi connectivity index (χ3n) is 8.83. The Kier molecular flexibility index (Phi) is 8.82. The van der Waals surface area contributed by atoms with Crippen LogP contribution in [-0.2, 0) is 47.6 Å². The van der Waals surface area contributed by atoms with Crippen LogP contribution in [0.1, 0.15) is 44.9 Å². The van der Waals surface area contributed by atoms with Crippen molar-refractivity contribution in [2.45, 2.75) is 44.9 Å². The molecule has 0 amide bonds. The number of carbonyl (C=O) groups is 4. The third kappa shape index (κ3) is 4.53. The molecule has 0 spiro atoms. The Morgan fingerprint density at radius 2 is 1.28 bits per heavy atom. The van der Waals surface area contributed by atoms with Gasteiger partial charge in [0.2, 0.25) is 0 Å². The summed E-state index contributed by atoms with van der Waals surface area (Å²) in [6, 6.07) is 0. The lowest BCUT2D eigenvalue weighted by molar-refractivity contribution is -0.183. The molecule has 0 N–H and O–H groups in total. The number of fused-ring (bicyclic) bond motifs is 3. The molecule has 0 aromatic rings. The molecule has 0 aromatic heterocycles. The number of ether oxygens (including phenoxy) is 6. The molecule has 4 atom stereocenters. The lowest BCUT2D eigenvalue weighted by atomic mass is 9.49. The predicted octanol–water partition coefficient (Wildman–Crippen LogP) is 2.43. The minimum atomic E-state index is -1.40. The van der Waals surface area contributed by atoms with Crippen LogP contribution in [0.4, 0.5) is 0 Å². The molecule has 36 heavy (non-hydrogen) atoms. The summed E-state index contributed by atoms with van der Waals surface area (Å²) in [6.07, 6.45) is 6.85. The van der Waals surface area contributed by atoms with Gasteiger partial charge in [-0.05, 0) is 62.7 Å². The summed E-state index contributed by atoms with van der Waals surface area (Å²) < 4.78 is 31.2. The molecule has 3 aliphatic carbocycles. The second-order valence-electron chi connectivity index (χ2n) is 10.2. The Balaban J connectivity index is 2.02. The zero-order chi connectivity index (χ0) is 26.6. The Bertz CT molecular complexity index is 848. The highest BCUT2D eigenvalue weighted by molar-refractivity contribution is 6.00. The molecule has 3 aliphatic rings. The number of hydrogen-bond acceptors (Lipinski definition) is 10. The van der Waals surface area contributed by atoms with Gasteiger partial charge in [-0.2, -0.15) is 0 Å². The van der Waals surface area contributed by atoms with E-state index in [2.05, 4.69) is 12.2 Å². The summed E-state index contributed by atoms with van der Waals surface area (Å²) in [6.45, 7) is 0.446. The molecular weight excluding hydrogens is 472 g/mol. The van der Waals surface area contributed by atoms with Crippen LogP contribution >= 0.6 is 0 Å². The van der Waals surface area contributed by atoms with E-state index in [4.69, 9.17) is 28.4 Å². The first-order chi connectivity index (χ1) is 17.2. The number of hydrogen-bond donors (Lipinski definition) is 0. The van der Waals surface area contributed by atoms with Crippen LogP contribution in [0.2, 0.25) is 0 Å². The summed E-state index contributed by atoms with van der Waals surface area (Å²) in [7, 11) is 6.65. The number of esters is 4. The number of rotatable bonds is 8. The van der Waals surface area contributed by atoms with E-state index in [1.807, 2.05) is 0 Å². The van der Waals surface area contributed by atoms with E-state index in [-0.39, 0.29) is 43.8 Å². The molecule has 10 heteroatoms. The molecule has 2 fully saturated rings. The van der Waals surface area contributed by atoms with Gasteiger partial charge in [-0.25, -0.2) is 0 Å². The third-order valence-corrected chi connectivity index (χ3v) is 8.83. The first kappa shape index (κ1) is 28.1. The van der Waals surface area contributed by atoms with Crippen molar-refractivity contribution < 1.29 is 47.6 Å². The average molecular weight is 511 g/mol. The van der Waals surface area contributed by atoms with Crippen molar-refractivity contribution in [3.63, 3.8) is 0 Å². The van der Waals surface area contributed by atoms with E-state index in [0.29, 0.717) is 32.3 Å². The van der Waals surface area contributed by atoms with Crippen molar-refractivity contribution in [1.29, 1.82) is 0 Å². The summed E-state index contributed by atoms with van der Waals surface area (Å²) >= 11 is 0. The number of methoxy groups -OCH3 is 5. The molecule has 0 bridgehead atoms. The smallest absolute Gasteiger partial charge is 0.323 e. The molecule has 0 saturated heterocycles. The highest BCUT2D eigenvalue weighted by Gasteiger charge is 2.62. The maximum absolute atomic E-state index is 12.9. The second-order valence-corrected chi connectivity index (χ2v) is 10.2. The zero-order valence-electron chi connectivity index (χ0n) is 21.8. The highest BCUT2D eigenvalue weighted by Crippen LogP contribution is 2.61. The number of allylic oxidation sites excluding steroid dienone is 2. The molecule has 10 nitrogen and oxygen atoms in total. The molecule has 202 valence electrons. The van der Waals surface area contributed by atoms with Crippen molar-refractivity contribution in [1.82, 2.24) is 0 Å². The van der Waals surface area contributed by atoms with Crippen LogP contribution in [0.3, 0.4) is 0 Å². The topological polar surface area (TPSA) is 124 Å². The van der Waals surface area contributed by atoms with Gasteiger partial charge < -0.3 is 28.4 Å². The van der Waals surface area contributed by atoms with Gasteiger partial charge in [0, 0.05) is 12.5 Å². The first-order valence-corrected chi connectivity index (χ1v) is 12.3. The van der Waals surface area contributed by atoms with E-state index in [9.17, 15) is 19.2 Å². The standard InChI is InChI=1S/C26H38O10/c1-31-16-36-15-26-13-12-25(22(29)34-4,23(30)35-5)14-18(26)7-6-17-8-10-24(20(27)32-2,21(28)33-3)11-9-19(17)26/h6-7,17-19H,8-16H2,1-5H3/t17-,18+,19+,26-/m1/s1. The minimum Gasteiger partial charge on any atom is -0.468 e. The van der Waals surface area contributed by atoms with E-state index < -0.39 is 40.1 Å². The Morgan fingerprint density at radius 3 is 1.83 bits per heavy atom. The molecule has 2 saturated carbocycles. The summed E-state index contributed by atoms with van der Waals surface area (Å²) in [5.41, 5.74) is -3.20. The summed E-state index contributed by atoms with van der Waals surface area (Å²) in [5, 5.41) is 0. The minimum absolute atomic E-state index is 0.0360. The fraction of sp³-hybridized carbons (Fsp3) is 0.769. The second kappa shape index (κ2) is 11.3. The van der Waals surface area contributed by atoms with Crippen molar-refractivity contribution in [2.75, 3.05) is 48.9 Å². The van der Waals surface area contributed by atoms with Gasteiger partial charge in [-0.3, -0.25) is 19.2 Å². The summed E-state index contributed by atoms with van der Waals surface area (Å²) in [5.74, 6) is -2.46. The monoisotopic (exact) mass is 510 g/mol. The van der Waals surface area contributed by atoms with Gasteiger partial charge in [-0.1, -0.05) is 12.2 Å². The van der Waals surface area contributed by atoms with Gasteiger partial charge in [-0.15, -0.1) is 0 Å². The van der Waals surface area contributed by atoms with Gasteiger partial charge in [0.25, 0.3) is 0 Å². The van der Waals surface area contributed by atoms with Crippen LogP contribution in [0.15, 0.2) is 12.2 Å². The highest BCUT2D eigenvalue weighted by atomic mass is 16.7. The first-order valence-electron chi connectivity index (χ1n) is 12.3. The SMILES string of the molecule is COCOC[C@]12CCC(C(=O)OC)(C(=O)OC)C[C@@H]1C=C[C@@H]1CCC(C(=O)OC)(C(=O)OC)CC[C@@H]12. The normalized spacial score (nSPS) is 30.1. The molecular formula is C26H38O10. The van der Waals surface area contributed by atoms with E-state index in [1.165, 1.54) is 28.4 Å². The van der Waals surface area contributed by atoms with Crippen molar-refractivity contribution in [2.24, 2.45) is 34.0 Å². The van der Waals surface area contributed by atoms with Gasteiger partial charge in [0.15, 0.2) is 10.8 Å². The van der Waals surface area contributed by atoms with Gasteiger partial charge in [0.1, 0.15) is 6.79 Å². The molecule has 0 heterocycles. The lowest BCUT2D eigenvalue weighted by Gasteiger charge is -2.55. The van der Waals surface area contributed by atoms with Crippen LogP contribution in [0, 0.1) is 34.0 Å². The van der Waals surface area contributed by atoms with Gasteiger partial charge >= 0.3 is 23.9 Å². The van der Waals surface area contributed by atoms with Crippen LogP contribution < -0.4 is 0 Å². The Hall–Kier alpha value is -2.46. The van der Waals surface area contributed by atoms with E-state index >= 15 is 0 Å².